The van der Waals surface area contributed by atoms with Crippen molar-refractivity contribution < 1.29 is 4.79 Å². The lowest BCUT2D eigenvalue weighted by Crippen LogP contribution is -2.29. The summed E-state index contributed by atoms with van der Waals surface area (Å²) in [6.07, 6.45) is 3.96. The normalized spacial score (nSPS) is 14.0. The fourth-order valence-electron chi connectivity index (χ4n) is 3.13. The maximum Gasteiger partial charge on any atom is 0.253 e. The van der Waals surface area contributed by atoms with Gasteiger partial charge in [0.2, 0.25) is 0 Å². The molecule has 0 atom stereocenters. The van der Waals surface area contributed by atoms with Gasteiger partial charge in [-0.25, -0.2) is 0 Å². The molecule has 4 nitrogen and oxygen atoms in total. The molecule has 3 rings (SSSR count). The first kappa shape index (κ1) is 23.6. The highest BCUT2D eigenvalue weighted by Crippen LogP contribution is 2.19. The minimum atomic E-state index is -0.192. The van der Waals surface area contributed by atoms with Crippen LogP contribution in [0.3, 0.4) is 0 Å². The molecular weight excluding hydrogens is 405 g/mol. The van der Waals surface area contributed by atoms with E-state index in [0.29, 0.717) is 22.8 Å². The standard InChI is InChI=1S/C20H24ClN3O.2ClH/c21-19-12-17(22)8-9-18(19)20(25)23-13-15-4-6-16(7-5-15)14-24-10-2-1-3-11-24;;/h4-9,12H,1-3,10-11,13-14,22H2,(H,23,25);2*1H. The van der Waals surface area contributed by atoms with Crippen LogP contribution in [0.1, 0.15) is 40.7 Å². The number of nitrogens with one attached hydrogen (secondary N) is 1. The monoisotopic (exact) mass is 429 g/mol. The van der Waals surface area contributed by atoms with E-state index >= 15 is 0 Å². The number of nitrogen functional groups attached to an aromatic ring is 1. The Bertz CT molecular complexity index is 732. The van der Waals surface area contributed by atoms with Gasteiger partial charge in [-0.3, -0.25) is 9.69 Å². The van der Waals surface area contributed by atoms with Crippen molar-refractivity contribution in [3.63, 3.8) is 0 Å². The summed E-state index contributed by atoms with van der Waals surface area (Å²) in [6, 6.07) is 13.4. The number of halogens is 3. The maximum absolute atomic E-state index is 12.2. The number of hydrogen-bond acceptors (Lipinski definition) is 3. The van der Waals surface area contributed by atoms with Gasteiger partial charge in [0.1, 0.15) is 0 Å². The summed E-state index contributed by atoms with van der Waals surface area (Å²) in [5.74, 6) is -0.192. The van der Waals surface area contributed by atoms with Crippen LogP contribution in [0.5, 0.6) is 0 Å². The predicted octanol–water partition coefficient (Wildman–Crippen LogP) is 4.68. The lowest BCUT2D eigenvalue weighted by atomic mass is 10.1. The Morgan fingerprint density at radius 2 is 1.63 bits per heavy atom. The van der Waals surface area contributed by atoms with E-state index in [1.54, 1.807) is 18.2 Å². The fraction of sp³-hybridized carbons (Fsp3) is 0.350. The third-order valence-electron chi connectivity index (χ3n) is 4.57. The van der Waals surface area contributed by atoms with Crippen molar-refractivity contribution in [2.24, 2.45) is 0 Å². The maximum atomic E-state index is 12.2. The van der Waals surface area contributed by atoms with Crippen LogP contribution >= 0.6 is 36.4 Å². The molecule has 1 amide bonds. The number of likely N-dealkylation sites (tertiary alicyclic amines) is 1. The molecule has 0 radical (unpaired) electrons. The van der Waals surface area contributed by atoms with Crippen molar-refractivity contribution in [3.8, 4) is 0 Å². The zero-order valence-corrected chi connectivity index (χ0v) is 17.5. The van der Waals surface area contributed by atoms with Crippen LogP contribution in [0.25, 0.3) is 0 Å². The van der Waals surface area contributed by atoms with Gasteiger partial charge in [0.05, 0.1) is 10.6 Å². The molecule has 27 heavy (non-hydrogen) atoms. The van der Waals surface area contributed by atoms with Crippen molar-refractivity contribution in [1.29, 1.82) is 0 Å². The fourth-order valence-corrected chi connectivity index (χ4v) is 3.41. The van der Waals surface area contributed by atoms with Crippen molar-refractivity contribution in [2.75, 3.05) is 18.8 Å². The highest BCUT2D eigenvalue weighted by Gasteiger charge is 2.11. The molecular formula is C20H26Cl3N3O. The molecule has 0 saturated carbocycles. The number of hydrogen-bond donors (Lipinski definition) is 2. The molecule has 0 unspecified atom stereocenters. The molecule has 0 aromatic heterocycles. The molecule has 2 aromatic rings. The van der Waals surface area contributed by atoms with E-state index < -0.39 is 0 Å². The van der Waals surface area contributed by atoms with Crippen molar-refractivity contribution in [2.45, 2.75) is 32.4 Å². The number of amides is 1. The van der Waals surface area contributed by atoms with Crippen LogP contribution in [0.4, 0.5) is 5.69 Å². The summed E-state index contributed by atoms with van der Waals surface area (Å²) < 4.78 is 0. The Labute approximate surface area is 178 Å². The highest BCUT2D eigenvalue weighted by atomic mass is 35.5. The Balaban J connectivity index is 0.00000182. The second-order valence-corrected chi connectivity index (χ2v) is 6.98. The Hall–Kier alpha value is -1.46. The van der Waals surface area contributed by atoms with E-state index in [4.69, 9.17) is 17.3 Å². The molecule has 3 N–H and O–H groups in total. The van der Waals surface area contributed by atoms with Gasteiger partial charge in [-0.05, 0) is 55.3 Å². The van der Waals surface area contributed by atoms with Gasteiger partial charge in [-0.1, -0.05) is 42.3 Å². The SMILES string of the molecule is Cl.Cl.Nc1ccc(C(=O)NCc2ccc(CN3CCCCC3)cc2)c(Cl)c1. The topological polar surface area (TPSA) is 58.4 Å². The average Bonchev–Trinajstić information content (AvgIpc) is 2.62. The molecule has 1 saturated heterocycles. The van der Waals surface area contributed by atoms with E-state index in [-0.39, 0.29) is 30.7 Å². The van der Waals surface area contributed by atoms with Crippen LogP contribution in [-0.4, -0.2) is 23.9 Å². The van der Waals surface area contributed by atoms with E-state index in [0.717, 1.165) is 12.1 Å². The van der Waals surface area contributed by atoms with Gasteiger partial charge >= 0.3 is 0 Å². The lowest BCUT2D eigenvalue weighted by Gasteiger charge is -2.26. The first-order valence-electron chi connectivity index (χ1n) is 8.75. The van der Waals surface area contributed by atoms with Gasteiger partial charge in [-0.15, -0.1) is 24.8 Å². The molecule has 0 bridgehead atoms. The van der Waals surface area contributed by atoms with E-state index in [9.17, 15) is 4.79 Å². The Morgan fingerprint density at radius 3 is 2.26 bits per heavy atom. The zero-order chi connectivity index (χ0) is 17.6. The van der Waals surface area contributed by atoms with Crippen LogP contribution in [0, 0.1) is 0 Å². The second-order valence-electron chi connectivity index (χ2n) is 6.58. The molecule has 1 aliphatic rings. The highest BCUT2D eigenvalue weighted by molar-refractivity contribution is 6.34. The van der Waals surface area contributed by atoms with Crippen LogP contribution in [-0.2, 0) is 13.1 Å². The minimum Gasteiger partial charge on any atom is -0.399 e. The summed E-state index contributed by atoms with van der Waals surface area (Å²) in [5, 5.41) is 3.27. The van der Waals surface area contributed by atoms with E-state index in [2.05, 4.69) is 34.5 Å². The number of rotatable bonds is 5. The molecule has 2 aromatic carbocycles. The summed E-state index contributed by atoms with van der Waals surface area (Å²) in [6.45, 7) is 3.87. The van der Waals surface area contributed by atoms with Crippen molar-refractivity contribution in [3.05, 3.63) is 64.2 Å². The van der Waals surface area contributed by atoms with Crippen molar-refractivity contribution in [1.82, 2.24) is 10.2 Å². The minimum absolute atomic E-state index is 0. The van der Waals surface area contributed by atoms with E-state index in [1.807, 2.05) is 0 Å². The van der Waals surface area contributed by atoms with Crippen molar-refractivity contribution >= 4 is 48.0 Å². The molecule has 148 valence electrons. The zero-order valence-electron chi connectivity index (χ0n) is 15.1. The number of nitrogens with zero attached hydrogens (tertiary/aromatic N) is 1. The smallest absolute Gasteiger partial charge is 0.253 e. The number of benzene rings is 2. The molecule has 1 heterocycles. The second kappa shape index (κ2) is 11.4. The number of piperidine rings is 1. The lowest BCUT2D eigenvalue weighted by molar-refractivity contribution is 0.0951. The summed E-state index contributed by atoms with van der Waals surface area (Å²) in [5.41, 5.74) is 9.03. The summed E-state index contributed by atoms with van der Waals surface area (Å²) in [4.78, 5) is 14.7. The number of anilines is 1. The molecule has 1 aliphatic heterocycles. The number of carbonyl (C=O) groups excluding carboxylic acids is 1. The number of nitrogens with two attached hydrogens (primary N) is 1. The van der Waals surface area contributed by atoms with E-state index in [1.165, 1.54) is 37.9 Å². The van der Waals surface area contributed by atoms with Gasteiger partial charge in [0.25, 0.3) is 5.91 Å². The van der Waals surface area contributed by atoms with Crippen LogP contribution in [0.2, 0.25) is 5.02 Å². The third kappa shape index (κ3) is 6.89. The number of carbonyl (C=O) groups is 1. The average molecular weight is 431 g/mol. The van der Waals surface area contributed by atoms with Crippen LogP contribution in [0.15, 0.2) is 42.5 Å². The molecule has 0 spiro atoms. The third-order valence-corrected chi connectivity index (χ3v) is 4.88. The molecule has 7 heteroatoms. The largest absolute Gasteiger partial charge is 0.399 e. The molecule has 1 fully saturated rings. The Kier molecular flexibility index (Phi) is 9.95. The molecule has 0 aliphatic carbocycles. The first-order chi connectivity index (χ1) is 12.1. The van der Waals surface area contributed by atoms with Gasteiger partial charge < -0.3 is 11.1 Å². The quantitative estimate of drug-likeness (QED) is 0.677. The van der Waals surface area contributed by atoms with Crippen LogP contribution < -0.4 is 11.1 Å². The first-order valence-corrected chi connectivity index (χ1v) is 9.13. The Morgan fingerprint density at radius 1 is 1.00 bits per heavy atom. The van der Waals surface area contributed by atoms with Gasteiger partial charge in [-0.2, -0.15) is 0 Å². The van der Waals surface area contributed by atoms with Gasteiger partial charge in [0.15, 0.2) is 0 Å². The summed E-state index contributed by atoms with van der Waals surface area (Å²) in [7, 11) is 0. The van der Waals surface area contributed by atoms with Gasteiger partial charge in [0, 0.05) is 18.8 Å². The predicted molar refractivity (Wildman–Crippen MR) is 117 cm³/mol. The summed E-state index contributed by atoms with van der Waals surface area (Å²) >= 11 is 6.07.